The molecule has 0 N–H and O–H groups in total. The van der Waals surface area contributed by atoms with Gasteiger partial charge in [0, 0.05) is 14.0 Å². The molecule has 0 saturated carbocycles. The van der Waals surface area contributed by atoms with Crippen LogP contribution in [0.25, 0.3) is 11.1 Å². The molecule has 0 aliphatic rings. The number of carbonyl (C=O) groups excluding carboxylic acids is 1. The van der Waals surface area contributed by atoms with E-state index >= 15 is 0 Å². The molecule has 0 aliphatic carbocycles. The Bertz CT molecular complexity index is 915. The Balaban J connectivity index is 2.05. The smallest absolute Gasteiger partial charge is 0.224 e. The molecule has 0 fully saturated rings. The molecule has 0 atom stereocenters. The average molecular weight is 462 g/mol. The lowest BCUT2D eigenvalue weighted by atomic mass is 9.97. The molecule has 0 unspecified atom stereocenters. The molecule has 3 aromatic carbocycles. The maximum Gasteiger partial charge on any atom is 0.224 e. The van der Waals surface area contributed by atoms with Gasteiger partial charge in [-0.25, -0.2) is 4.39 Å². The van der Waals surface area contributed by atoms with Crippen molar-refractivity contribution >= 4 is 39.5 Å². The summed E-state index contributed by atoms with van der Waals surface area (Å²) in [5.74, 6) is -0.341. The topological polar surface area (TPSA) is 17.1 Å². The molecule has 126 valence electrons. The maximum atomic E-state index is 13.1. The first-order valence-corrected chi connectivity index (χ1v) is 9.69. The molecule has 0 amide bonds. The highest BCUT2D eigenvalue weighted by Crippen LogP contribution is 2.39. The Hall–Kier alpha value is -1.66. The number of hydrogen-bond donors (Lipinski definition) is 0. The van der Waals surface area contributed by atoms with Crippen LogP contribution in [-0.2, 0) is 0 Å². The fourth-order valence-electron chi connectivity index (χ4n) is 2.74. The standard InChI is InChI=1S/C21H16FIOS/c1-13-5-3-7-17(23)19(13)20-14(2)6-4-8-18(20)25-21(24)15-9-11-16(22)12-10-15/h3-12H,1-2H3. The zero-order valence-electron chi connectivity index (χ0n) is 13.8. The lowest BCUT2D eigenvalue weighted by Crippen LogP contribution is -1.97. The number of halogens is 2. The molecule has 0 radical (unpaired) electrons. The van der Waals surface area contributed by atoms with E-state index < -0.39 is 0 Å². The van der Waals surface area contributed by atoms with Crippen LogP contribution in [0.4, 0.5) is 4.39 Å². The third-order valence-corrected chi connectivity index (χ3v) is 5.87. The number of thioether (sulfide) groups is 1. The molecule has 0 heterocycles. The predicted molar refractivity (Wildman–Crippen MR) is 111 cm³/mol. The van der Waals surface area contributed by atoms with Crippen molar-refractivity contribution in [2.75, 3.05) is 0 Å². The molecule has 0 aliphatic heterocycles. The van der Waals surface area contributed by atoms with Crippen molar-refractivity contribution < 1.29 is 9.18 Å². The second kappa shape index (κ2) is 7.70. The van der Waals surface area contributed by atoms with E-state index in [0.717, 1.165) is 25.2 Å². The van der Waals surface area contributed by atoms with Crippen molar-refractivity contribution in [1.82, 2.24) is 0 Å². The Morgan fingerprint density at radius 3 is 2.12 bits per heavy atom. The van der Waals surface area contributed by atoms with Crippen LogP contribution in [0, 0.1) is 23.2 Å². The lowest BCUT2D eigenvalue weighted by Gasteiger charge is -2.16. The van der Waals surface area contributed by atoms with Gasteiger partial charge in [-0.1, -0.05) is 24.3 Å². The number of benzene rings is 3. The van der Waals surface area contributed by atoms with E-state index in [1.807, 2.05) is 18.2 Å². The van der Waals surface area contributed by atoms with Gasteiger partial charge < -0.3 is 0 Å². The van der Waals surface area contributed by atoms with Gasteiger partial charge in [-0.15, -0.1) is 0 Å². The van der Waals surface area contributed by atoms with E-state index in [0.29, 0.717) is 5.56 Å². The summed E-state index contributed by atoms with van der Waals surface area (Å²) in [6.45, 7) is 4.14. The average Bonchev–Trinajstić information content (AvgIpc) is 2.57. The Kier molecular flexibility index (Phi) is 5.59. The van der Waals surface area contributed by atoms with Crippen molar-refractivity contribution in [3.8, 4) is 11.1 Å². The number of rotatable bonds is 3. The number of aryl methyl sites for hydroxylation is 2. The van der Waals surface area contributed by atoms with Gasteiger partial charge >= 0.3 is 0 Å². The van der Waals surface area contributed by atoms with E-state index in [4.69, 9.17) is 0 Å². The Labute approximate surface area is 164 Å². The van der Waals surface area contributed by atoms with Crippen LogP contribution in [0.3, 0.4) is 0 Å². The van der Waals surface area contributed by atoms with Crippen LogP contribution in [0.2, 0.25) is 0 Å². The zero-order valence-corrected chi connectivity index (χ0v) is 16.8. The van der Waals surface area contributed by atoms with Crippen molar-refractivity contribution in [2.24, 2.45) is 0 Å². The predicted octanol–water partition coefficient (Wildman–Crippen LogP) is 6.65. The Morgan fingerprint density at radius 2 is 1.48 bits per heavy atom. The van der Waals surface area contributed by atoms with Crippen molar-refractivity contribution in [2.45, 2.75) is 18.7 Å². The summed E-state index contributed by atoms with van der Waals surface area (Å²) in [4.78, 5) is 13.5. The highest BCUT2D eigenvalue weighted by molar-refractivity contribution is 14.1. The quantitative estimate of drug-likeness (QED) is 0.321. The van der Waals surface area contributed by atoms with E-state index in [1.165, 1.54) is 41.6 Å². The summed E-state index contributed by atoms with van der Waals surface area (Å²) >= 11 is 3.53. The summed E-state index contributed by atoms with van der Waals surface area (Å²) in [7, 11) is 0. The summed E-state index contributed by atoms with van der Waals surface area (Å²) in [5, 5.41) is -0.0876. The molecular weight excluding hydrogens is 446 g/mol. The minimum absolute atomic E-state index is 0.0876. The van der Waals surface area contributed by atoms with Crippen molar-refractivity contribution in [3.63, 3.8) is 0 Å². The first kappa shape index (κ1) is 18.1. The van der Waals surface area contributed by atoms with E-state index in [9.17, 15) is 9.18 Å². The zero-order chi connectivity index (χ0) is 18.0. The van der Waals surface area contributed by atoms with E-state index in [1.54, 1.807) is 0 Å². The molecule has 0 bridgehead atoms. The fourth-order valence-corrected chi connectivity index (χ4v) is 4.61. The van der Waals surface area contributed by atoms with Gasteiger partial charge in [0.15, 0.2) is 0 Å². The summed E-state index contributed by atoms with van der Waals surface area (Å²) in [6.07, 6.45) is 0. The number of hydrogen-bond acceptors (Lipinski definition) is 2. The highest BCUT2D eigenvalue weighted by Gasteiger charge is 2.17. The van der Waals surface area contributed by atoms with E-state index in [2.05, 4.69) is 54.6 Å². The molecule has 4 heteroatoms. The van der Waals surface area contributed by atoms with Gasteiger partial charge in [0.25, 0.3) is 0 Å². The molecule has 3 aromatic rings. The van der Waals surface area contributed by atoms with Gasteiger partial charge in [0.2, 0.25) is 5.12 Å². The Morgan fingerprint density at radius 1 is 0.880 bits per heavy atom. The van der Waals surface area contributed by atoms with Crippen molar-refractivity contribution in [3.05, 3.63) is 86.7 Å². The third kappa shape index (κ3) is 3.96. The van der Waals surface area contributed by atoms with Gasteiger partial charge in [0.05, 0.1) is 0 Å². The SMILES string of the molecule is Cc1cccc(I)c1-c1c(C)cccc1SC(=O)c1ccc(F)cc1. The van der Waals surface area contributed by atoms with Gasteiger partial charge in [-0.05, 0) is 107 Å². The number of carbonyl (C=O) groups is 1. The van der Waals surface area contributed by atoms with Crippen molar-refractivity contribution in [1.29, 1.82) is 0 Å². The third-order valence-electron chi connectivity index (χ3n) is 3.99. The molecule has 0 saturated heterocycles. The second-order valence-electron chi connectivity index (χ2n) is 5.78. The van der Waals surface area contributed by atoms with Gasteiger partial charge in [-0.3, -0.25) is 4.79 Å². The molecular formula is C21H16FIOS. The first-order valence-electron chi connectivity index (χ1n) is 7.80. The minimum Gasteiger partial charge on any atom is -0.281 e. The molecule has 3 rings (SSSR count). The monoisotopic (exact) mass is 462 g/mol. The molecule has 1 nitrogen and oxygen atoms in total. The first-order chi connectivity index (χ1) is 12.0. The largest absolute Gasteiger partial charge is 0.281 e. The molecule has 25 heavy (non-hydrogen) atoms. The van der Waals surface area contributed by atoms with Crippen LogP contribution in [0.1, 0.15) is 21.5 Å². The highest BCUT2D eigenvalue weighted by atomic mass is 127. The van der Waals surface area contributed by atoms with Gasteiger partial charge in [-0.2, -0.15) is 0 Å². The summed E-state index contributed by atoms with van der Waals surface area (Å²) in [6, 6.07) is 17.9. The second-order valence-corrected chi connectivity index (χ2v) is 7.95. The fraction of sp³-hybridized carbons (Fsp3) is 0.0952. The lowest BCUT2D eigenvalue weighted by molar-refractivity contribution is 0.108. The van der Waals surface area contributed by atoms with E-state index in [-0.39, 0.29) is 10.9 Å². The summed E-state index contributed by atoms with van der Waals surface area (Å²) < 4.78 is 14.2. The molecule has 0 aromatic heterocycles. The van der Waals surface area contributed by atoms with Gasteiger partial charge in [0.1, 0.15) is 5.82 Å². The van der Waals surface area contributed by atoms with Crippen LogP contribution in [0.15, 0.2) is 65.6 Å². The normalized spacial score (nSPS) is 10.7. The minimum atomic E-state index is -0.341. The van der Waals surface area contributed by atoms with Crippen LogP contribution in [0.5, 0.6) is 0 Å². The molecule has 0 spiro atoms. The van der Waals surface area contributed by atoms with Crippen LogP contribution >= 0.6 is 34.4 Å². The van der Waals surface area contributed by atoms with Crippen LogP contribution < -0.4 is 0 Å². The maximum absolute atomic E-state index is 13.1. The van der Waals surface area contributed by atoms with Crippen LogP contribution in [-0.4, -0.2) is 5.12 Å². The summed E-state index contributed by atoms with van der Waals surface area (Å²) in [5.41, 5.74) is 5.06.